The number of nitrogen functional groups attached to an aromatic ring is 1. The van der Waals surface area contributed by atoms with Gasteiger partial charge in [-0.1, -0.05) is 11.8 Å². The van der Waals surface area contributed by atoms with E-state index in [0.29, 0.717) is 28.2 Å². The molecule has 3 rings (SSSR count). The van der Waals surface area contributed by atoms with E-state index in [4.69, 9.17) is 15.0 Å². The molecule has 0 aliphatic rings. The Morgan fingerprint density at radius 1 is 1.35 bits per heavy atom. The number of furan rings is 1. The molecular formula is C15H15FN4O2S. The molecule has 2 aromatic heterocycles. The first-order valence-corrected chi connectivity index (χ1v) is 7.79. The van der Waals surface area contributed by atoms with Crippen LogP contribution >= 0.6 is 11.8 Å². The third kappa shape index (κ3) is 3.02. The Balaban J connectivity index is 1.81. The number of nitrogens with two attached hydrogens (primary N) is 1. The van der Waals surface area contributed by atoms with Crippen molar-refractivity contribution in [2.24, 2.45) is 0 Å². The van der Waals surface area contributed by atoms with Crippen LogP contribution in [0.3, 0.4) is 0 Å². The van der Waals surface area contributed by atoms with Crippen molar-refractivity contribution in [2.45, 2.75) is 17.8 Å². The van der Waals surface area contributed by atoms with Crippen LogP contribution in [0.5, 0.6) is 5.75 Å². The first-order valence-electron chi connectivity index (χ1n) is 6.80. The number of aromatic nitrogens is 3. The van der Waals surface area contributed by atoms with E-state index < -0.39 is 0 Å². The molecule has 0 unspecified atom stereocenters. The van der Waals surface area contributed by atoms with Gasteiger partial charge >= 0.3 is 0 Å². The summed E-state index contributed by atoms with van der Waals surface area (Å²) in [6, 6.07) is 6.17. The second kappa shape index (κ2) is 6.33. The Bertz CT molecular complexity index is 831. The molecule has 0 saturated carbocycles. The lowest BCUT2D eigenvalue weighted by Crippen LogP contribution is -2.11. The van der Waals surface area contributed by atoms with Gasteiger partial charge in [-0.25, -0.2) is 9.07 Å². The zero-order chi connectivity index (χ0) is 16.4. The maximum absolute atomic E-state index is 13.4. The molecule has 0 radical (unpaired) electrons. The second-order valence-electron chi connectivity index (χ2n) is 4.81. The monoisotopic (exact) mass is 334 g/mol. The molecule has 0 aliphatic carbocycles. The summed E-state index contributed by atoms with van der Waals surface area (Å²) in [5.41, 5.74) is 1.51. The molecular weight excluding hydrogens is 319 g/mol. The molecule has 0 bridgehead atoms. The predicted molar refractivity (Wildman–Crippen MR) is 85.1 cm³/mol. The normalized spacial score (nSPS) is 10.9. The highest BCUT2D eigenvalue weighted by atomic mass is 32.2. The summed E-state index contributed by atoms with van der Waals surface area (Å²) < 4.78 is 25.3. The van der Waals surface area contributed by atoms with Crippen LogP contribution in [0.25, 0.3) is 11.4 Å². The smallest absolute Gasteiger partial charge is 0.210 e. The van der Waals surface area contributed by atoms with Gasteiger partial charge in [0.15, 0.2) is 5.82 Å². The van der Waals surface area contributed by atoms with E-state index in [1.54, 1.807) is 25.5 Å². The molecule has 23 heavy (non-hydrogen) atoms. The van der Waals surface area contributed by atoms with Gasteiger partial charge in [-0.3, -0.25) is 0 Å². The Labute approximate surface area is 136 Å². The summed E-state index contributed by atoms with van der Waals surface area (Å²) in [5.74, 6) is 8.05. The molecule has 3 aromatic rings. The summed E-state index contributed by atoms with van der Waals surface area (Å²) in [4.78, 5) is 0. The van der Waals surface area contributed by atoms with Crippen LogP contribution in [-0.2, 0) is 5.75 Å². The Kier molecular flexibility index (Phi) is 4.24. The summed E-state index contributed by atoms with van der Waals surface area (Å²) in [7, 11) is 1.55. The van der Waals surface area contributed by atoms with Crippen LogP contribution in [0, 0.1) is 12.7 Å². The number of ether oxygens (including phenoxy) is 1. The van der Waals surface area contributed by atoms with Gasteiger partial charge in [-0.15, -0.1) is 10.2 Å². The molecule has 0 amide bonds. The molecule has 0 aliphatic heterocycles. The second-order valence-corrected chi connectivity index (χ2v) is 5.75. The van der Waals surface area contributed by atoms with Crippen LogP contribution in [-0.4, -0.2) is 22.0 Å². The van der Waals surface area contributed by atoms with Crippen LogP contribution in [0.2, 0.25) is 0 Å². The summed E-state index contributed by atoms with van der Waals surface area (Å²) >= 11 is 1.35. The van der Waals surface area contributed by atoms with Crippen molar-refractivity contribution in [1.29, 1.82) is 0 Å². The van der Waals surface area contributed by atoms with E-state index in [1.807, 2.05) is 6.92 Å². The van der Waals surface area contributed by atoms with Crippen molar-refractivity contribution in [3.8, 4) is 17.1 Å². The minimum atomic E-state index is -0.315. The number of halogens is 1. The fourth-order valence-corrected chi connectivity index (χ4v) is 3.01. The minimum absolute atomic E-state index is 0.315. The number of thioether (sulfide) groups is 1. The molecule has 0 spiro atoms. The zero-order valence-electron chi connectivity index (χ0n) is 12.6. The number of benzene rings is 1. The molecule has 120 valence electrons. The highest BCUT2D eigenvalue weighted by Crippen LogP contribution is 2.29. The van der Waals surface area contributed by atoms with Crippen LogP contribution in [0.15, 0.2) is 40.1 Å². The van der Waals surface area contributed by atoms with E-state index in [0.717, 1.165) is 11.1 Å². The van der Waals surface area contributed by atoms with Crippen LogP contribution in [0.4, 0.5) is 4.39 Å². The molecule has 0 saturated heterocycles. The Morgan fingerprint density at radius 3 is 2.87 bits per heavy atom. The number of aryl methyl sites for hydroxylation is 1. The third-order valence-electron chi connectivity index (χ3n) is 3.36. The minimum Gasteiger partial charge on any atom is -0.496 e. The van der Waals surface area contributed by atoms with E-state index in [2.05, 4.69) is 10.2 Å². The van der Waals surface area contributed by atoms with E-state index >= 15 is 0 Å². The zero-order valence-corrected chi connectivity index (χ0v) is 13.4. The molecule has 2 heterocycles. The lowest BCUT2D eigenvalue weighted by molar-refractivity contribution is 0.410. The van der Waals surface area contributed by atoms with Crippen molar-refractivity contribution in [3.05, 3.63) is 47.7 Å². The predicted octanol–water partition coefficient (Wildman–Crippen LogP) is 3.00. The van der Waals surface area contributed by atoms with Gasteiger partial charge in [0.2, 0.25) is 5.16 Å². The van der Waals surface area contributed by atoms with Gasteiger partial charge in [0.1, 0.15) is 17.3 Å². The standard InChI is InChI=1S/C15H15FN4O2S/c1-9-12(5-6-22-9)14-18-19-15(20(14)17)23-8-10-7-11(16)3-4-13(10)21-2/h3-7H,8,17H2,1-2H3. The number of hydrogen-bond donors (Lipinski definition) is 1. The molecule has 1 aromatic carbocycles. The van der Waals surface area contributed by atoms with Gasteiger partial charge in [0.05, 0.1) is 18.9 Å². The van der Waals surface area contributed by atoms with E-state index in [1.165, 1.54) is 28.6 Å². The quantitative estimate of drug-likeness (QED) is 0.571. The third-order valence-corrected chi connectivity index (χ3v) is 4.36. The van der Waals surface area contributed by atoms with Gasteiger partial charge in [-0.05, 0) is 31.2 Å². The average Bonchev–Trinajstić information content (AvgIpc) is 3.11. The van der Waals surface area contributed by atoms with Crippen molar-refractivity contribution in [3.63, 3.8) is 0 Å². The first-order chi connectivity index (χ1) is 11.1. The van der Waals surface area contributed by atoms with Gasteiger partial charge in [0.25, 0.3) is 0 Å². The molecule has 0 fully saturated rings. The Hall–Kier alpha value is -2.48. The highest BCUT2D eigenvalue weighted by molar-refractivity contribution is 7.98. The summed E-state index contributed by atoms with van der Waals surface area (Å²) in [6.45, 7) is 1.83. The van der Waals surface area contributed by atoms with E-state index in [-0.39, 0.29) is 5.82 Å². The van der Waals surface area contributed by atoms with E-state index in [9.17, 15) is 4.39 Å². The molecule has 8 heteroatoms. The van der Waals surface area contributed by atoms with Crippen molar-refractivity contribution < 1.29 is 13.5 Å². The number of methoxy groups -OCH3 is 1. The maximum Gasteiger partial charge on any atom is 0.210 e. The fourth-order valence-electron chi connectivity index (χ4n) is 2.18. The topological polar surface area (TPSA) is 79.1 Å². The van der Waals surface area contributed by atoms with Gasteiger partial charge < -0.3 is 15.0 Å². The van der Waals surface area contributed by atoms with Crippen molar-refractivity contribution >= 4 is 11.8 Å². The van der Waals surface area contributed by atoms with Gasteiger partial charge in [0, 0.05) is 11.3 Å². The largest absolute Gasteiger partial charge is 0.496 e. The fraction of sp³-hybridized carbons (Fsp3) is 0.200. The lowest BCUT2D eigenvalue weighted by Gasteiger charge is -2.08. The summed E-state index contributed by atoms with van der Waals surface area (Å²) in [5, 5.41) is 8.69. The average molecular weight is 334 g/mol. The van der Waals surface area contributed by atoms with Crippen LogP contribution < -0.4 is 10.6 Å². The van der Waals surface area contributed by atoms with Crippen molar-refractivity contribution in [1.82, 2.24) is 14.9 Å². The Morgan fingerprint density at radius 2 is 2.17 bits per heavy atom. The molecule has 2 N–H and O–H groups in total. The lowest BCUT2D eigenvalue weighted by atomic mass is 10.2. The SMILES string of the molecule is COc1ccc(F)cc1CSc1nnc(-c2ccoc2C)n1N. The van der Waals surface area contributed by atoms with Crippen LogP contribution in [0.1, 0.15) is 11.3 Å². The van der Waals surface area contributed by atoms with Crippen molar-refractivity contribution in [2.75, 3.05) is 13.0 Å². The maximum atomic E-state index is 13.4. The summed E-state index contributed by atoms with van der Waals surface area (Å²) in [6.07, 6.45) is 1.57. The van der Waals surface area contributed by atoms with Gasteiger partial charge in [-0.2, -0.15) is 0 Å². The first kappa shape index (κ1) is 15.4. The number of hydrogen-bond acceptors (Lipinski definition) is 6. The highest BCUT2D eigenvalue weighted by Gasteiger charge is 2.16. The molecule has 6 nitrogen and oxygen atoms in total. The molecule has 0 atom stereocenters. The number of rotatable bonds is 5. The number of nitrogens with zero attached hydrogens (tertiary/aromatic N) is 3.